The number of para-hydroxylation sites is 3. The molecule has 1 aromatic heterocycles. The summed E-state index contributed by atoms with van der Waals surface area (Å²) < 4.78 is 2.28. The van der Waals surface area contributed by atoms with Crippen LogP contribution in [0.25, 0.3) is 117 Å². The van der Waals surface area contributed by atoms with Gasteiger partial charge in [0.25, 0.3) is 0 Å². The third kappa shape index (κ3) is 6.35. The van der Waals surface area contributed by atoms with Gasteiger partial charge in [-0.2, -0.15) is 0 Å². The van der Waals surface area contributed by atoms with Crippen molar-refractivity contribution in [3.8, 4) is 106 Å². The van der Waals surface area contributed by atoms with Crippen molar-refractivity contribution < 1.29 is 0 Å². The van der Waals surface area contributed by atoms with Crippen LogP contribution in [0.15, 0.2) is 303 Å². The Morgan fingerprint density at radius 2 is 0.554 bits per heavy atom. The van der Waals surface area contributed by atoms with E-state index >= 15 is 0 Å². The van der Waals surface area contributed by atoms with Crippen LogP contribution in [0, 0.1) is 0 Å². The van der Waals surface area contributed by atoms with Gasteiger partial charge in [0.05, 0.1) is 21.9 Å². The maximum Gasteiger partial charge on any atom is 0.145 e. The van der Waals surface area contributed by atoms with Gasteiger partial charge in [0.15, 0.2) is 0 Å². The smallest absolute Gasteiger partial charge is 0.145 e. The van der Waals surface area contributed by atoms with Gasteiger partial charge in [0, 0.05) is 11.3 Å². The van der Waals surface area contributed by atoms with Gasteiger partial charge in [-0.1, -0.05) is 237 Å². The van der Waals surface area contributed by atoms with Gasteiger partial charge in [-0.15, -0.1) is 0 Å². The molecule has 14 aromatic rings. The Morgan fingerprint density at radius 1 is 0.217 bits per heavy atom. The van der Waals surface area contributed by atoms with Crippen LogP contribution < -0.4 is 0 Å². The average molecular weight is 1050 g/mol. The number of nitrogens with zero attached hydrogens (tertiary/aromatic N) is 2. The van der Waals surface area contributed by atoms with E-state index in [9.17, 15) is 0 Å². The number of benzene rings is 13. The predicted octanol–water partition coefficient (Wildman–Crippen LogP) is 20.0. The second-order valence-electron chi connectivity index (χ2n) is 22.8. The molecule has 83 heavy (non-hydrogen) atoms. The van der Waals surface area contributed by atoms with Crippen LogP contribution in [0.4, 0.5) is 0 Å². The molecule has 4 aliphatic rings. The molecule has 0 radical (unpaired) electrons. The fourth-order valence-electron chi connectivity index (χ4n) is 15.4. The van der Waals surface area contributed by atoms with Crippen LogP contribution in [-0.2, 0) is 10.8 Å². The summed E-state index contributed by atoms with van der Waals surface area (Å²) in [4.78, 5) is 5.22. The van der Waals surface area contributed by atoms with Gasteiger partial charge in [-0.05, 0) is 200 Å². The summed E-state index contributed by atoms with van der Waals surface area (Å²) in [7, 11) is 0. The highest BCUT2D eigenvalue weighted by Crippen LogP contribution is 2.68. The summed E-state index contributed by atoms with van der Waals surface area (Å²) in [6, 6.07) is 114. The van der Waals surface area contributed by atoms with Crippen molar-refractivity contribution in [3.63, 3.8) is 0 Å². The summed E-state index contributed by atoms with van der Waals surface area (Å²) in [6.07, 6.45) is 0. The zero-order chi connectivity index (χ0) is 54.4. The SMILES string of the molecule is c1ccc(-c2cc(-c3ccccc3)cc(-c3ccc4c(c3)C3(c5ccccc5-c5ccccc53)c3cc5c(cc3-4)C3(c4ccccc4-c4ccccc43)c3cc(-c4ccc(-c6nc7ccccc7n6-c6ccccc6)cc4)ccc3-5)c2)cc1. The first-order valence-electron chi connectivity index (χ1n) is 28.9. The Bertz CT molecular complexity index is 4860. The van der Waals surface area contributed by atoms with Gasteiger partial charge >= 0.3 is 0 Å². The summed E-state index contributed by atoms with van der Waals surface area (Å²) in [5.74, 6) is 0.928. The minimum Gasteiger partial charge on any atom is -0.292 e. The highest BCUT2D eigenvalue weighted by Gasteiger charge is 2.56. The lowest BCUT2D eigenvalue weighted by molar-refractivity contribution is 0.783. The molecule has 2 spiro atoms. The Kier molecular flexibility index (Phi) is 9.68. The van der Waals surface area contributed by atoms with Crippen LogP contribution in [0.3, 0.4) is 0 Å². The van der Waals surface area contributed by atoms with Crippen molar-refractivity contribution >= 4 is 11.0 Å². The molecule has 2 heteroatoms. The maximum atomic E-state index is 5.22. The number of hydrogen-bond donors (Lipinski definition) is 0. The molecule has 0 saturated carbocycles. The zero-order valence-corrected chi connectivity index (χ0v) is 45.3. The van der Waals surface area contributed by atoms with Crippen molar-refractivity contribution in [2.45, 2.75) is 10.8 Å². The van der Waals surface area contributed by atoms with E-state index in [0.29, 0.717) is 0 Å². The first-order chi connectivity index (χ1) is 41.1. The molecular formula is C81H50N2. The van der Waals surface area contributed by atoms with E-state index in [1.54, 1.807) is 0 Å². The van der Waals surface area contributed by atoms with Gasteiger partial charge in [0.2, 0.25) is 0 Å². The molecule has 0 amide bonds. The Morgan fingerprint density at radius 3 is 1.04 bits per heavy atom. The van der Waals surface area contributed by atoms with E-state index < -0.39 is 10.8 Å². The van der Waals surface area contributed by atoms with Gasteiger partial charge in [-0.3, -0.25) is 4.57 Å². The number of rotatable bonds is 6. The lowest BCUT2D eigenvalue weighted by Gasteiger charge is -2.32. The van der Waals surface area contributed by atoms with E-state index in [1.807, 2.05) is 0 Å². The molecule has 0 N–H and O–H groups in total. The third-order valence-corrected chi connectivity index (χ3v) is 18.8. The van der Waals surface area contributed by atoms with E-state index in [-0.39, 0.29) is 0 Å². The lowest BCUT2D eigenvalue weighted by atomic mass is 9.68. The lowest BCUT2D eigenvalue weighted by Crippen LogP contribution is -2.27. The highest BCUT2D eigenvalue weighted by atomic mass is 15.1. The van der Waals surface area contributed by atoms with Crippen LogP contribution >= 0.6 is 0 Å². The van der Waals surface area contributed by atoms with Crippen molar-refractivity contribution in [2.24, 2.45) is 0 Å². The molecule has 0 unspecified atom stereocenters. The maximum absolute atomic E-state index is 5.22. The molecule has 0 fully saturated rings. The molecule has 384 valence electrons. The Hall–Kier alpha value is -10.7. The largest absolute Gasteiger partial charge is 0.292 e. The van der Waals surface area contributed by atoms with E-state index in [1.165, 1.54) is 134 Å². The molecule has 1 heterocycles. The molecule has 2 nitrogen and oxygen atoms in total. The summed E-state index contributed by atoms with van der Waals surface area (Å²) >= 11 is 0. The van der Waals surface area contributed by atoms with E-state index in [0.717, 1.165) is 28.1 Å². The van der Waals surface area contributed by atoms with E-state index in [2.05, 4.69) is 308 Å². The first kappa shape index (κ1) is 46.1. The zero-order valence-electron chi connectivity index (χ0n) is 45.3. The van der Waals surface area contributed by atoms with Crippen molar-refractivity contribution in [1.29, 1.82) is 0 Å². The molecule has 0 aliphatic heterocycles. The van der Waals surface area contributed by atoms with Gasteiger partial charge < -0.3 is 0 Å². The number of imidazole rings is 1. The normalized spacial score (nSPS) is 13.7. The topological polar surface area (TPSA) is 17.8 Å². The number of hydrogen-bond acceptors (Lipinski definition) is 1. The Labute approximate surface area is 482 Å². The molecule has 13 aromatic carbocycles. The number of aromatic nitrogens is 2. The van der Waals surface area contributed by atoms with Crippen LogP contribution in [0.2, 0.25) is 0 Å². The highest BCUT2D eigenvalue weighted by molar-refractivity contribution is 6.02. The van der Waals surface area contributed by atoms with Crippen molar-refractivity contribution in [1.82, 2.24) is 9.55 Å². The monoisotopic (exact) mass is 1050 g/mol. The first-order valence-corrected chi connectivity index (χ1v) is 28.9. The van der Waals surface area contributed by atoms with Crippen molar-refractivity contribution in [3.05, 3.63) is 348 Å². The summed E-state index contributed by atoms with van der Waals surface area (Å²) in [5.41, 5.74) is 33.7. The van der Waals surface area contributed by atoms with Crippen molar-refractivity contribution in [2.75, 3.05) is 0 Å². The Balaban J connectivity index is 0.860. The third-order valence-electron chi connectivity index (χ3n) is 18.8. The van der Waals surface area contributed by atoms with Crippen LogP contribution in [0.1, 0.15) is 44.5 Å². The molecule has 4 aliphatic carbocycles. The van der Waals surface area contributed by atoms with E-state index in [4.69, 9.17) is 4.98 Å². The minimum absolute atomic E-state index is 0.573. The number of fused-ring (bicyclic) bond motifs is 21. The minimum atomic E-state index is -0.577. The quantitative estimate of drug-likeness (QED) is 0.162. The summed E-state index contributed by atoms with van der Waals surface area (Å²) in [5, 5.41) is 0. The standard InChI is InChI=1S/C81H50N2/c1-4-20-51(21-5-1)57-44-58(52-22-6-2-7-23-52)46-59(45-57)56-41-43-66-68-50-75-67(49-76(68)81(74(66)48-56)71-32-16-12-28-63(71)64-29-13-17-33-72(64)81)65-42-40-55(47-73(65)80(75)69-30-14-10-26-61(69)62-27-11-15-31-70(62)80)53-36-38-54(39-37-53)79-82-77-34-18-19-35-78(77)83(79)60-24-8-3-9-25-60/h1-50H. The average Bonchev–Trinajstić information content (AvgIpc) is 1.65. The van der Waals surface area contributed by atoms with Gasteiger partial charge in [0.1, 0.15) is 5.82 Å². The predicted molar refractivity (Wildman–Crippen MR) is 341 cm³/mol. The molecule has 0 bridgehead atoms. The van der Waals surface area contributed by atoms with Crippen LogP contribution in [0.5, 0.6) is 0 Å². The van der Waals surface area contributed by atoms with Crippen LogP contribution in [-0.4, -0.2) is 9.55 Å². The fraction of sp³-hybridized carbons (Fsp3) is 0.0247. The molecule has 18 rings (SSSR count). The molecule has 0 atom stereocenters. The second kappa shape index (κ2) is 17.4. The second-order valence-corrected chi connectivity index (χ2v) is 22.8. The summed E-state index contributed by atoms with van der Waals surface area (Å²) in [6.45, 7) is 0. The molecule has 0 saturated heterocycles. The van der Waals surface area contributed by atoms with Gasteiger partial charge in [-0.25, -0.2) is 4.98 Å². The molecular weight excluding hydrogens is 1000 g/mol. The fourth-order valence-corrected chi connectivity index (χ4v) is 15.4.